The molecule has 84 valence electrons. The molecule has 3 nitrogen and oxygen atoms in total. The van der Waals surface area contributed by atoms with Crippen molar-refractivity contribution in [1.29, 1.82) is 0 Å². The van der Waals surface area contributed by atoms with Crippen molar-refractivity contribution >= 4 is 23.3 Å². The lowest BCUT2D eigenvalue weighted by Gasteiger charge is -1.92. The van der Waals surface area contributed by atoms with Crippen molar-refractivity contribution in [3.63, 3.8) is 0 Å². The van der Waals surface area contributed by atoms with Crippen molar-refractivity contribution in [1.82, 2.24) is 4.57 Å². The fourth-order valence-corrected chi connectivity index (χ4v) is 1.95. The van der Waals surface area contributed by atoms with Crippen LogP contribution in [-0.4, -0.2) is 10.4 Å². The Morgan fingerprint density at radius 1 is 1.62 bits per heavy atom. The van der Waals surface area contributed by atoms with Gasteiger partial charge in [0.1, 0.15) is 12.4 Å². The molecule has 2 heterocycles. The average Bonchev–Trinajstić information content (AvgIpc) is 2.87. The minimum Gasteiger partial charge on any atom is -1.00 e. The van der Waals surface area contributed by atoms with Gasteiger partial charge in [0.15, 0.2) is 6.54 Å². The minimum absolute atomic E-state index is 0. The number of carbonyl (C=O) groups excluding carboxylic acids is 1. The summed E-state index contributed by atoms with van der Waals surface area (Å²) >= 11 is 1.47. The van der Waals surface area contributed by atoms with Gasteiger partial charge in [-0.3, -0.25) is 4.79 Å². The van der Waals surface area contributed by atoms with Crippen molar-refractivity contribution in [3.05, 3.63) is 47.7 Å². The van der Waals surface area contributed by atoms with Gasteiger partial charge < -0.3 is 17.0 Å². The van der Waals surface area contributed by atoms with Gasteiger partial charge >= 0.3 is 0 Å². The highest BCUT2D eigenvalue weighted by molar-refractivity contribution is 7.12. The summed E-state index contributed by atoms with van der Waals surface area (Å²) < 4.78 is 3.64. The zero-order valence-corrected chi connectivity index (χ0v) is 10.9. The zero-order chi connectivity index (χ0) is 10.7. The Labute approximate surface area is 108 Å². The second-order valence-electron chi connectivity index (χ2n) is 3.12. The van der Waals surface area contributed by atoms with Crippen LogP contribution in [0.3, 0.4) is 0 Å². The number of carbonyl (C=O) groups is 1. The van der Waals surface area contributed by atoms with E-state index in [1.807, 2.05) is 45.4 Å². The van der Waals surface area contributed by atoms with Crippen molar-refractivity contribution in [3.8, 4) is 0 Å². The first kappa shape index (κ1) is 12.9. The molecule has 0 aliphatic carbocycles. The minimum atomic E-state index is 0. The van der Waals surface area contributed by atoms with Crippen LogP contribution in [0.1, 0.15) is 9.67 Å². The molecule has 0 fully saturated rings. The molecule has 0 atom stereocenters. The van der Waals surface area contributed by atoms with Crippen LogP contribution in [0.2, 0.25) is 0 Å². The summed E-state index contributed by atoms with van der Waals surface area (Å²) in [5.74, 6) is 0.136. The molecule has 2 aromatic heterocycles. The van der Waals surface area contributed by atoms with E-state index in [1.165, 1.54) is 11.3 Å². The average molecular weight is 299 g/mol. The first-order valence-corrected chi connectivity index (χ1v) is 5.43. The lowest BCUT2D eigenvalue weighted by molar-refractivity contribution is -0.682. The molecular formula is C11H11BrN2OS. The molecule has 16 heavy (non-hydrogen) atoms. The number of Topliss-reactive ketones (excluding diaryl/α,β-unsaturated/α-hetero) is 1. The van der Waals surface area contributed by atoms with Crippen LogP contribution < -0.4 is 21.5 Å². The van der Waals surface area contributed by atoms with E-state index in [0.717, 1.165) is 4.88 Å². The Bertz CT molecular complexity index is 476. The largest absolute Gasteiger partial charge is 1.00 e. The number of hydrogen-bond acceptors (Lipinski definition) is 2. The Hall–Kier alpha value is -1.20. The van der Waals surface area contributed by atoms with Crippen LogP contribution in [0, 0.1) is 0 Å². The van der Waals surface area contributed by atoms with Gasteiger partial charge in [0.25, 0.3) is 0 Å². The van der Waals surface area contributed by atoms with Crippen molar-refractivity contribution in [2.24, 2.45) is 0 Å². The molecule has 0 N–H and O–H groups in total. The summed E-state index contributed by atoms with van der Waals surface area (Å²) in [5.41, 5.74) is 0. The van der Waals surface area contributed by atoms with Crippen LogP contribution in [-0.2, 0) is 6.54 Å². The summed E-state index contributed by atoms with van der Waals surface area (Å²) in [6.07, 6.45) is 7.23. The van der Waals surface area contributed by atoms with E-state index < -0.39 is 0 Å². The normalized spacial score (nSPS) is 9.50. The first-order chi connectivity index (χ1) is 7.29. The third-order valence-corrected chi connectivity index (χ3v) is 2.96. The zero-order valence-electron chi connectivity index (χ0n) is 8.54. The molecule has 0 aliphatic heterocycles. The molecule has 0 amide bonds. The van der Waals surface area contributed by atoms with Gasteiger partial charge in [0.05, 0.1) is 11.1 Å². The molecule has 2 aromatic rings. The lowest BCUT2D eigenvalue weighted by Crippen LogP contribution is -3.00. The summed E-state index contributed by atoms with van der Waals surface area (Å²) in [6.45, 7) is 4.02. The third-order valence-electron chi connectivity index (χ3n) is 2.04. The molecule has 0 saturated carbocycles. The predicted octanol–water partition coefficient (Wildman–Crippen LogP) is -1.18. The van der Waals surface area contributed by atoms with Gasteiger partial charge in [-0.15, -0.1) is 11.3 Å². The van der Waals surface area contributed by atoms with E-state index in [9.17, 15) is 4.79 Å². The Kier molecular flexibility index (Phi) is 4.64. The fraction of sp³-hybridized carbons (Fsp3) is 0.0909. The highest BCUT2D eigenvalue weighted by Crippen LogP contribution is 2.08. The second-order valence-corrected chi connectivity index (χ2v) is 4.06. The molecule has 0 aromatic carbocycles. The van der Waals surface area contributed by atoms with Crippen molar-refractivity contribution < 1.29 is 26.3 Å². The van der Waals surface area contributed by atoms with Crippen LogP contribution in [0.25, 0.3) is 6.20 Å². The fourth-order valence-electron chi connectivity index (χ4n) is 1.29. The van der Waals surface area contributed by atoms with Gasteiger partial charge in [0.2, 0.25) is 12.1 Å². The number of nitrogens with zero attached hydrogens (tertiary/aromatic N) is 2. The van der Waals surface area contributed by atoms with Crippen molar-refractivity contribution in [2.75, 3.05) is 0 Å². The highest BCUT2D eigenvalue weighted by atomic mass is 79.9. The maximum Gasteiger partial charge on any atom is 0.248 e. The molecular weight excluding hydrogens is 288 g/mol. The molecule has 5 heteroatoms. The number of rotatable bonds is 4. The molecule has 0 saturated heterocycles. The van der Waals surface area contributed by atoms with Crippen LogP contribution in [0.15, 0.2) is 42.8 Å². The van der Waals surface area contributed by atoms with E-state index in [1.54, 1.807) is 6.20 Å². The van der Waals surface area contributed by atoms with Crippen LogP contribution in [0.4, 0.5) is 0 Å². The number of ketones is 1. The van der Waals surface area contributed by atoms with Gasteiger partial charge in [-0.1, -0.05) is 12.6 Å². The van der Waals surface area contributed by atoms with E-state index in [0.29, 0.717) is 6.54 Å². The maximum absolute atomic E-state index is 11.7. The highest BCUT2D eigenvalue weighted by Gasteiger charge is 2.11. The molecule has 2 rings (SSSR count). The smallest absolute Gasteiger partial charge is 0.248 e. The van der Waals surface area contributed by atoms with E-state index in [2.05, 4.69) is 6.58 Å². The lowest BCUT2D eigenvalue weighted by atomic mass is 10.3. The second kappa shape index (κ2) is 5.77. The molecule has 0 spiro atoms. The number of thiophene rings is 1. The monoisotopic (exact) mass is 298 g/mol. The maximum atomic E-state index is 11.7. The van der Waals surface area contributed by atoms with Gasteiger partial charge in [-0.25, -0.2) is 9.13 Å². The van der Waals surface area contributed by atoms with Crippen molar-refractivity contribution in [2.45, 2.75) is 6.54 Å². The van der Waals surface area contributed by atoms with E-state index >= 15 is 0 Å². The molecule has 0 unspecified atom stereocenters. The van der Waals surface area contributed by atoms with Gasteiger partial charge in [-0.05, 0) is 11.4 Å². The summed E-state index contributed by atoms with van der Waals surface area (Å²) in [6, 6.07) is 3.73. The predicted molar refractivity (Wildman–Crippen MR) is 59.7 cm³/mol. The first-order valence-electron chi connectivity index (χ1n) is 4.55. The van der Waals surface area contributed by atoms with E-state index in [4.69, 9.17) is 0 Å². The number of imidazole rings is 1. The number of aromatic nitrogens is 2. The van der Waals surface area contributed by atoms with Gasteiger partial charge in [-0.2, -0.15) is 0 Å². The third kappa shape index (κ3) is 2.90. The Balaban J connectivity index is 0.00000128. The summed E-state index contributed by atoms with van der Waals surface area (Å²) in [4.78, 5) is 12.5. The topological polar surface area (TPSA) is 25.9 Å². The standard InChI is InChI=1S/C11H11N2OS.BrH/c1-2-12-5-6-13(9-12)8-10(14)11-4-3-7-15-11;/h2-7,9H,1,8H2;1H/q+1;/p-1. The van der Waals surface area contributed by atoms with Crippen LogP contribution in [0.5, 0.6) is 0 Å². The molecule has 0 aliphatic rings. The van der Waals surface area contributed by atoms with Crippen LogP contribution >= 0.6 is 11.3 Å². The quantitative estimate of drug-likeness (QED) is 0.516. The summed E-state index contributed by atoms with van der Waals surface area (Å²) in [7, 11) is 0. The Morgan fingerprint density at radius 3 is 3.00 bits per heavy atom. The molecule has 0 radical (unpaired) electrons. The Morgan fingerprint density at radius 2 is 2.44 bits per heavy atom. The molecule has 0 bridgehead atoms. The van der Waals surface area contributed by atoms with E-state index in [-0.39, 0.29) is 22.8 Å². The SMILES string of the molecule is C=Cn1cc[n+](CC(=O)c2cccs2)c1.[Br-]. The number of halogens is 1. The number of hydrogen-bond donors (Lipinski definition) is 0. The summed E-state index contributed by atoms with van der Waals surface area (Å²) in [5, 5.41) is 1.91. The van der Waals surface area contributed by atoms with Gasteiger partial charge in [0, 0.05) is 0 Å².